The molecular formula is C17H18FNO3. The molecule has 0 radical (unpaired) electrons. The van der Waals surface area contributed by atoms with Crippen molar-refractivity contribution in [1.29, 1.82) is 0 Å². The summed E-state index contributed by atoms with van der Waals surface area (Å²) in [5.74, 6) is 0.0477. The fourth-order valence-corrected chi connectivity index (χ4v) is 2.15. The van der Waals surface area contributed by atoms with Gasteiger partial charge in [0.2, 0.25) is 5.91 Å². The van der Waals surface area contributed by atoms with Gasteiger partial charge in [-0.1, -0.05) is 18.2 Å². The zero-order chi connectivity index (χ0) is 15.9. The highest BCUT2D eigenvalue weighted by Crippen LogP contribution is 2.22. The molecule has 0 saturated heterocycles. The standard InChI is InChI=1S/C17H18FNO3/c1-22-16-8-7-14(10-13(16)11-20)19-17(21)9-6-12-4-2-3-5-15(12)18/h2-5,7-8,10,20H,6,9,11H2,1H3,(H,19,21). The smallest absolute Gasteiger partial charge is 0.224 e. The van der Waals surface area contributed by atoms with Crippen molar-refractivity contribution in [2.45, 2.75) is 19.4 Å². The normalized spacial score (nSPS) is 10.3. The van der Waals surface area contributed by atoms with Crippen molar-refractivity contribution in [2.24, 2.45) is 0 Å². The molecule has 0 atom stereocenters. The van der Waals surface area contributed by atoms with Gasteiger partial charge in [0.1, 0.15) is 11.6 Å². The second-order valence-electron chi connectivity index (χ2n) is 4.82. The molecule has 4 nitrogen and oxygen atoms in total. The molecule has 2 aromatic rings. The minimum Gasteiger partial charge on any atom is -0.496 e. The summed E-state index contributed by atoms with van der Waals surface area (Å²) in [4.78, 5) is 11.9. The summed E-state index contributed by atoms with van der Waals surface area (Å²) in [6.45, 7) is -0.178. The van der Waals surface area contributed by atoms with Crippen molar-refractivity contribution in [3.8, 4) is 5.75 Å². The number of hydrogen-bond donors (Lipinski definition) is 2. The van der Waals surface area contributed by atoms with E-state index in [4.69, 9.17) is 4.74 Å². The zero-order valence-electron chi connectivity index (χ0n) is 12.3. The Kier molecular flexibility index (Phi) is 5.49. The molecule has 0 aliphatic carbocycles. The number of anilines is 1. The number of methoxy groups -OCH3 is 1. The number of aliphatic hydroxyl groups excluding tert-OH is 1. The Balaban J connectivity index is 1.96. The van der Waals surface area contributed by atoms with E-state index in [2.05, 4.69) is 5.32 Å². The van der Waals surface area contributed by atoms with Crippen LogP contribution in [0.2, 0.25) is 0 Å². The van der Waals surface area contributed by atoms with Crippen LogP contribution >= 0.6 is 0 Å². The number of halogens is 1. The Hall–Kier alpha value is -2.40. The largest absolute Gasteiger partial charge is 0.496 e. The molecule has 0 aliphatic rings. The average Bonchev–Trinajstić information content (AvgIpc) is 2.54. The van der Waals surface area contributed by atoms with Gasteiger partial charge in [-0.2, -0.15) is 0 Å². The maximum absolute atomic E-state index is 13.5. The summed E-state index contributed by atoms with van der Waals surface area (Å²) in [5, 5.41) is 12.0. The Morgan fingerprint density at radius 2 is 2.00 bits per heavy atom. The molecule has 0 unspecified atom stereocenters. The maximum Gasteiger partial charge on any atom is 0.224 e. The SMILES string of the molecule is COc1ccc(NC(=O)CCc2ccccc2F)cc1CO. The Morgan fingerprint density at radius 1 is 1.23 bits per heavy atom. The first-order valence-corrected chi connectivity index (χ1v) is 6.95. The lowest BCUT2D eigenvalue weighted by atomic mass is 10.1. The summed E-state index contributed by atoms with van der Waals surface area (Å²) in [5.41, 5.74) is 1.68. The molecule has 0 bridgehead atoms. The fraction of sp³-hybridized carbons (Fsp3) is 0.235. The van der Waals surface area contributed by atoms with Crippen LogP contribution in [0.5, 0.6) is 5.75 Å². The van der Waals surface area contributed by atoms with E-state index in [9.17, 15) is 14.3 Å². The fourth-order valence-electron chi connectivity index (χ4n) is 2.15. The molecule has 1 amide bonds. The van der Waals surface area contributed by atoms with Gasteiger partial charge in [0.05, 0.1) is 13.7 Å². The van der Waals surface area contributed by atoms with Crippen LogP contribution in [0.3, 0.4) is 0 Å². The number of benzene rings is 2. The van der Waals surface area contributed by atoms with Crippen LogP contribution in [0.4, 0.5) is 10.1 Å². The van der Waals surface area contributed by atoms with Crippen molar-refractivity contribution in [2.75, 3.05) is 12.4 Å². The summed E-state index contributed by atoms with van der Waals surface area (Å²) in [7, 11) is 1.52. The second kappa shape index (κ2) is 7.56. The van der Waals surface area contributed by atoms with E-state index >= 15 is 0 Å². The van der Waals surface area contributed by atoms with Crippen molar-refractivity contribution < 1.29 is 19.0 Å². The van der Waals surface area contributed by atoms with Gasteiger partial charge in [-0.3, -0.25) is 4.79 Å². The molecule has 0 saturated carbocycles. The summed E-state index contributed by atoms with van der Waals surface area (Å²) in [6, 6.07) is 11.4. The van der Waals surface area contributed by atoms with Crippen molar-refractivity contribution in [1.82, 2.24) is 0 Å². The molecule has 0 aliphatic heterocycles. The van der Waals surface area contributed by atoms with Crippen molar-refractivity contribution >= 4 is 11.6 Å². The molecule has 116 valence electrons. The number of nitrogens with one attached hydrogen (secondary N) is 1. The third-order valence-electron chi connectivity index (χ3n) is 3.31. The predicted molar refractivity (Wildman–Crippen MR) is 82.3 cm³/mol. The number of amides is 1. The summed E-state index contributed by atoms with van der Waals surface area (Å²) >= 11 is 0. The lowest BCUT2D eigenvalue weighted by Gasteiger charge is -2.10. The maximum atomic E-state index is 13.5. The number of aliphatic hydroxyl groups is 1. The van der Waals surface area contributed by atoms with Gasteiger partial charge < -0.3 is 15.2 Å². The molecule has 0 aromatic heterocycles. The Bertz CT molecular complexity index is 658. The van der Waals surface area contributed by atoms with Gasteiger partial charge in [-0.15, -0.1) is 0 Å². The highest BCUT2D eigenvalue weighted by atomic mass is 19.1. The minimum atomic E-state index is -0.303. The first-order valence-electron chi connectivity index (χ1n) is 6.95. The molecule has 5 heteroatoms. The number of aryl methyl sites for hydroxylation is 1. The zero-order valence-corrected chi connectivity index (χ0v) is 12.3. The molecular weight excluding hydrogens is 285 g/mol. The number of carbonyl (C=O) groups is 1. The number of ether oxygens (including phenoxy) is 1. The molecule has 0 heterocycles. The van der Waals surface area contributed by atoms with E-state index in [1.165, 1.54) is 13.2 Å². The topological polar surface area (TPSA) is 58.6 Å². The first-order chi connectivity index (χ1) is 10.6. The highest BCUT2D eigenvalue weighted by Gasteiger charge is 2.08. The summed E-state index contributed by atoms with van der Waals surface area (Å²) < 4.78 is 18.6. The van der Waals surface area contributed by atoms with Crippen LogP contribution in [0.25, 0.3) is 0 Å². The molecule has 2 N–H and O–H groups in total. The number of carbonyl (C=O) groups excluding carboxylic acids is 1. The third kappa shape index (κ3) is 4.05. The minimum absolute atomic E-state index is 0.178. The van der Waals surface area contributed by atoms with Crippen LogP contribution in [0.15, 0.2) is 42.5 Å². The van der Waals surface area contributed by atoms with Gasteiger partial charge in [0.15, 0.2) is 0 Å². The first kappa shape index (κ1) is 16.0. The van der Waals surface area contributed by atoms with E-state index in [0.29, 0.717) is 29.0 Å². The van der Waals surface area contributed by atoms with Crippen LogP contribution in [-0.2, 0) is 17.8 Å². The van der Waals surface area contributed by atoms with E-state index in [-0.39, 0.29) is 24.8 Å². The Labute approximate surface area is 128 Å². The van der Waals surface area contributed by atoms with E-state index in [1.54, 1.807) is 36.4 Å². The van der Waals surface area contributed by atoms with Crippen LogP contribution < -0.4 is 10.1 Å². The van der Waals surface area contributed by atoms with Crippen molar-refractivity contribution in [3.05, 3.63) is 59.4 Å². The van der Waals surface area contributed by atoms with E-state index in [0.717, 1.165) is 0 Å². The van der Waals surface area contributed by atoms with Crippen LogP contribution in [0, 0.1) is 5.82 Å². The summed E-state index contributed by atoms with van der Waals surface area (Å²) in [6.07, 6.45) is 0.517. The molecule has 2 aromatic carbocycles. The number of rotatable bonds is 6. The predicted octanol–water partition coefficient (Wildman–Crippen LogP) is 2.90. The second-order valence-corrected chi connectivity index (χ2v) is 4.82. The lowest BCUT2D eigenvalue weighted by Crippen LogP contribution is -2.13. The van der Waals surface area contributed by atoms with Gasteiger partial charge in [-0.05, 0) is 36.2 Å². The van der Waals surface area contributed by atoms with Gasteiger partial charge in [0, 0.05) is 17.7 Å². The average molecular weight is 303 g/mol. The van der Waals surface area contributed by atoms with E-state index < -0.39 is 0 Å². The molecule has 22 heavy (non-hydrogen) atoms. The Morgan fingerprint density at radius 3 is 2.68 bits per heavy atom. The molecule has 2 rings (SSSR count). The van der Waals surface area contributed by atoms with Gasteiger partial charge >= 0.3 is 0 Å². The highest BCUT2D eigenvalue weighted by molar-refractivity contribution is 5.91. The van der Waals surface area contributed by atoms with Gasteiger partial charge in [-0.25, -0.2) is 4.39 Å². The van der Waals surface area contributed by atoms with Gasteiger partial charge in [0.25, 0.3) is 0 Å². The van der Waals surface area contributed by atoms with Crippen LogP contribution in [0.1, 0.15) is 17.5 Å². The van der Waals surface area contributed by atoms with Crippen molar-refractivity contribution in [3.63, 3.8) is 0 Å². The quantitative estimate of drug-likeness (QED) is 0.862. The third-order valence-corrected chi connectivity index (χ3v) is 3.31. The van der Waals surface area contributed by atoms with Crippen LogP contribution in [-0.4, -0.2) is 18.1 Å². The number of hydrogen-bond acceptors (Lipinski definition) is 3. The molecule has 0 fully saturated rings. The molecule has 0 spiro atoms. The monoisotopic (exact) mass is 303 g/mol. The van der Waals surface area contributed by atoms with E-state index in [1.807, 2.05) is 0 Å². The lowest BCUT2D eigenvalue weighted by molar-refractivity contribution is -0.116.